The van der Waals surface area contributed by atoms with Gasteiger partial charge in [0, 0.05) is 11.8 Å². The quantitative estimate of drug-likeness (QED) is 0.0529. The Hall–Kier alpha value is -4.56. The van der Waals surface area contributed by atoms with Crippen LogP contribution in [0, 0.1) is 6.92 Å². The van der Waals surface area contributed by atoms with Crippen LogP contribution >= 0.6 is 13.5 Å². The predicted molar refractivity (Wildman–Crippen MR) is 280 cm³/mol. The summed E-state index contributed by atoms with van der Waals surface area (Å²) in [5.41, 5.74) is 7.53. The first kappa shape index (κ1) is 58.4. The molecule has 0 aliphatic rings. The Labute approximate surface area is 391 Å². The second-order valence-electron chi connectivity index (χ2n) is 15.7. The van der Waals surface area contributed by atoms with E-state index in [-0.39, 0.29) is 38.0 Å². The number of benzene rings is 4. The molecule has 0 radical (unpaired) electrons. The third kappa shape index (κ3) is 21.6. The minimum Gasteiger partial charge on any atom is -0.490 e. The maximum atomic E-state index is 6.62. The van der Waals surface area contributed by atoms with Crippen molar-refractivity contribution in [1.29, 1.82) is 0 Å². The average Bonchev–Trinajstić information content (AvgIpc) is 3.29. The van der Waals surface area contributed by atoms with Gasteiger partial charge in [-0.25, -0.2) is 0 Å². The molecule has 348 valence electrons. The van der Waals surface area contributed by atoms with Crippen LogP contribution in [0.5, 0.6) is 23.0 Å². The van der Waals surface area contributed by atoms with Gasteiger partial charge in [-0.1, -0.05) is 142 Å². The third-order valence-corrected chi connectivity index (χ3v) is 10.6. The highest BCUT2D eigenvalue weighted by atomic mass is 32.1. The Bertz CT molecular complexity index is 1810. The van der Waals surface area contributed by atoms with E-state index in [9.17, 15) is 0 Å². The summed E-state index contributed by atoms with van der Waals surface area (Å²) in [6, 6.07) is 35.7. The van der Waals surface area contributed by atoms with E-state index in [4.69, 9.17) is 14.2 Å². The molecule has 4 aromatic carbocycles. The van der Waals surface area contributed by atoms with Gasteiger partial charge in [0.15, 0.2) is 0 Å². The molecular formula is C56H85N3O3S. The lowest BCUT2D eigenvalue weighted by Crippen LogP contribution is -2.15. The molecule has 0 aliphatic heterocycles. The number of hydrogen-bond acceptors (Lipinski definition) is 6. The van der Waals surface area contributed by atoms with E-state index in [0.29, 0.717) is 0 Å². The molecule has 5 rings (SSSR count). The smallest absolute Gasteiger partial charge is 0.128 e. The van der Waals surface area contributed by atoms with Gasteiger partial charge in [-0.3, -0.25) is 4.98 Å². The van der Waals surface area contributed by atoms with Crippen molar-refractivity contribution in [2.75, 3.05) is 0 Å². The molecular weight excluding hydrogens is 795 g/mol. The summed E-state index contributed by atoms with van der Waals surface area (Å²) in [7, 11) is 0. The van der Waals surface area contributed by atoms with Gasteiger partial charge >= 0.3 is 0 Å². The van der Waals surface area contributed by atoms with Crippen molar-refractivity contribution in [3.8, 4) is 56.5 Å². The minimum absolute atomic E-state index is 0. The number of aromatic nitrogens is 1. The topological polar surface area (TPSA) is 111 Å². The lowest BCUT2D eigenvalue weighted by atomic mass is 9.98. The molecule has 1 aromatic heterocycles. The van der Waals surface area contributed by atoms with Crippen molar-refractivity contribution in [1.82, 2.24) is 17.3 Å². The zero-order valence-electron chi connectivity index (χ0n) is 40.7. The van der Waals surface area contributed by atoms with E-state index in [0.717, 1.165) is 87.8 Å². The first-order valence-electron chi connectivity index (χ1n) is 23.4. The Kier molecular flexibility index (Phi) is 32.3. The maximum Gasteiger partial charge on any atom is 0.128 e. The monoisotopic (exact) mass is 880 g/mol. The van der Waals surface area contributed by atoms with Crippen LogP contribution < -0.4 is 26.5 Å². The van der Waals surface area contributed by atoms with E-state index in [1.807, 2.05) is 30.5 Å². The maximum absolute atomic E-state index is 6.62. The highest BCUT2D eigenvalue weighted by Crippen LogP contribution is 2.36. The fourth-order valence-corrected chi connectivity index (χ4v) is 6.70. The largest absolute Gasteiger partial charge is 0.490 e. The van der Waals surface area contributed by atoms with Gasteiger partial charge in [-0.05, 0) is 153 Å². The van der Waals surface area contributed by atoms with Crippen LogP contribution in [0.25, 0.3) is 33.5 Å². The van der Waals surface area contributed by atoms with Crippen LogP contribution in [-0.2, 0) is 0 Å². The van der Waals surface area contributed by atoms with Crippen LogP contribution in [-0.4, -0.2) is 17.2 Å². The van der Waals surface area contributed by atoms with Crippen LogP contribution in [0.3, 0.4) is 0 Å². The molecule has 5 aromatic rings. The number of hydrogen-bond donors (Lipinski definition) is 2. The van der Waals surface area contributed by atoms with Gasteiger partial charge in [0.2, 0.25) is 0 Å². The van der Waals surface area contributed by atoms with E-state index in [1.165, 1.54) is 64.2 Å². The van der Waals surface area contributed by atoms with Crippen molar-refractivity contribution < 1.29 is 14.2 Å². The summed E-state index contributed by atoms with van der Waals surface area (Å²) in [6.07, 6.45) is 23.2. The summed E-state index contributed by atoms with van der Waals surface area (Å²) in [4.78, 5) is 4.59. The molecule has 2 unspecified atom stereocenters. The highest BCUT2D eigenvalue weighted by Gasteiger charge is 2.13. The molecule has 7 heteroatoms. The van der Waals surface area contributed by atoms with Gasteiger partial charge in [-0.15, -0.1) is 0 Å². The van der Waals surface area contributed by atoms with Gasteiger partial charge in [0.05, 0.1) is 17.9 Å². The van der Waals surface area contributed by atoms with E-state index >= 15 is 0 Å². The number of nitrogens with zero attached hydrogens (tertiary/aromatic N) is 1. The Morgan fingerprint density at radius 2 is 0.968 bits per heavy atom. The van der Waals surface area contributed by atoms with Crippen molar-refractivity contribution in [2.24, 2.45) is 0 Å². The van der Waals surface area contributed by atoms with E-state index in [2.05, 4.69) is 158 Å². The molecule has 0 amide bonds. The van der Waals surface area contributed by atoms with Crippen molar-refractivity contribution in [2.45, 2.75) is 164 Å². The van der Waals surface area contributed by atoms with Crippen molar-refractivity contribution >= 4 is 13.5 Å². The molecule has 63 heavy (non-hydrogen) atoms. The molecule has 0 aliphatic carbocycles. The van der Waals surface area contributed by atoms with Gasteiger partial charge in [0.25, 0.3) is 0 Å². The summed E-state index contributed by atoms with van der Waals surface area (Å²) >= 11 is 0. The molecule has 1 heterocycles. The molecule has 6 nitrogen and oxygen atoms in total. The number of allylic oxidation sites excluding steroid dienone is 2. The van der Waals surface area contributed by atoms with Crippen LogP contribution in [0.15, 0.2) is 121 Å². The fourth-order valence-electron chi connectivity index (χ4n) is 6.70. The highest BCUT2D eigenvalue weighted by molar-refractivity contribution is 7.59. The number of unbranched alkanes of at least 4 members (excludes halogenated alkanes) is 5. The first-order chi connectivity index (χ1) is 29.3. The number of ether oxygens (including phenoxy) is 3. The molecule has 0 spiro atoms. The summed E-state index contributed by atoms with van der Waals surface area (Å²) in [6.45, 7) is 19.7. The Morgan fingerprint density at radius 3 is 1.37 bits per heavy atom. The van der Waals surface area contributed by atoms with E-state index < -0.39 is 0 Å². The number of rotatable bonds is 22. The molecule has 6 N–H and O–H groups in total. The van der Waals surface area contributed by atoms with Crippen LogP contribution in [0.2, 0.25) is 0 Å². The number of pyridine rings is 1. The molecule has 0 saturated heterocycles. The van der Waals surface area contributed by atoms with Crippen molar-refractivity contribution in [3.63, 3.8) is 0 Å². The van der Waals surface area contributed by atoms with E-state index in [1.54, 1.807) is 0 Å². The normalized spacial score (nSPS) is 11.3. The summed E-state index contributed by atoms with van der Waals surface area (Å²) in [5.74, 6) is 3.39. The van der Waals surface area contributed by atoms with Gasteiger partial charge in [-0.2, -0.15) is 13.5 Å². The second-order valence-corrected chi connectivity index (χ2v) is 15.7. The third-order valence-electron chi connectivity index (χ3n) is 10.6. The van der Waals surface area contributed by atoms with Crippen LogP contribution in [0.4, 0.5) is 0 Å². The van der Waals surface area contributed by atoms with Gasteiger partial charge in [0.1, 0.15) is 23.0 Å². The Balaban J connectivity index is 0.00000266. The minimum atomic E-state index is 0. The molecule has 0 bridgehead atoms. The average molecular weight is 880 g/mol. The van der Waals surface area contributed by atoms with Crippen LogP contribution in [0.1, 0.15) is 151 Å². The summed E-state index contributed by atoms with van der Waals surface area (Å²) in [5, 5.41) is 0. The first-order valence-corrected chi connectivity index (χ1v) is 23.4. The van der Waals surface area contributed by atoms with Gasteiger partial charge < -0.3 is 26.5 Å². The standard InChI is InChI=1S/C46H55NO3.C6H12.C4H10.2H3N.H2S/c1-6-10-12-16-39(8-3)48-41-25-20-35(21-26-41)37-30-38(36-22-27-42(28-23-36)49-40(9-4)17-13-11-7-2)32-44(31-37)50-43-24-19-34(5)45(33-43)46-18-14-15-29-47-46;1-3-5-6-4-2;1-3-4-2;;;/h14-15,18-33,39-40H,6-13,16-17H2,1-5H3;5-6H,3-4H2,1-2H3;3-4H2,1-2H3;2*1H3;1H2. The Morgan fingerprint density at radius 1 is 0.492 bits per heavy atom. The summed E-state index contributed by atoms with van der Waals surface area (Å²) < 4.78 is 19.4. The lowest BCUT2D eigenvalue weighted by Gasteiger charge is -2.18. The zero-order valence-corrected chi connectivity index (χ0v) is 41.7. The number of aryl methyl sites for hydroxylation is 1. The SMILES string of the molecule is CCC=CCC.CCCC.CCCCCC(CC)Oc1ccc(-c2cc(Oc3ccc(C)c(-c4ccccn4)c3)cc(-c3ccc(OC(CC)CCCCC)cc3)c2)cc1.N.N.S. The fraction of sp³-hybridized carbons (Fsp3) is 0.446. The molecule has 2 atom stereocenters. The lowest BCUT2D eigenvalue weighted by molar-refractivity contribution is 0.182. The molecule has 0 saturated carbocycles. The molecule has 0 fully saturated rings. The van der Waals surface area contributed by atoms with Crippen molar-refractivity contribution in [3.05, 3.63) is 127 Å². The predicted octanol–water partition coefficient (Wildman–Crippen LogP) is 18.3. The second kappa shape index (κ2) is 34.9. The zero-order chi connectivity index (χ0) is 43.4.